The average molecular weight is 307 g/mol. The molecule has 1 aromatic heterocycles. The fraction of sp³-hybridized carbons (Fsp3) is 0.267. The summed E-state index contributed by atoms with van der Waals surface area (Å²) in [5.74, 6) is 0.713. The normalized spacial score (nSPS) is 11.9. The highest BCUT2D eigenvalue weighted by Crippen LogP contribution is 2.22. The van der Waals surface area contributed by atoms with E-state index in [1.54, 1.807) is 36.6 Å². The van der Waals surface area contributed by atoms with Crippen LogP contribution < -0.4 is 5.32 Å². The van der Waals surface area contributed by atoms with Gasteiger partial charge in [0.15, 0.2) is 0 Å². The Morgan fingerprint density at radius 3 is 2.95 bits per heavy atom. The number of rotatable bonds is 7. The van der Waals surface area contributed by atoms with Gasteiger partial charge >= 0.3 is 0 Å². The molecule has 110 valence electrons. The summed E-state index contributed by atoms with van der Waals surface area (Å²) in [5, 5.41) is 22.0. The SMILES string of the molecule is N#Cc1ccc(NCC(O)COCc2ccco2)c(Cl)c1. The highest BCUT2D eigenvalue weighted by molar-refractivity contribution is 6.33. The van der Waals surface area contributed by atoms with Crippen LogP contribution in [0, 0.1) is 11.3 Å². The van der Waals surface area contributed by atoms with Crippen LogP contribution >= 0.6 is 11.6 Å². The molecule has 0 saturated carbocycles. The second kappa shape index (κ2) is 7.70. The van der Waals surface area contributed by atoms with Crippen LogP contribution in [0.3, 0.4) is 0 Å². The van der Waals surface area contributed by atoms with Crippen molar-refractivity contribution in [3.05, 3.63) is 52.9 Å². The van der Waals surface area contributed by atoms with Gasteiger partial charge in [0.2, 0.25) is 0 Å². The minimum Gasteiger partial charge on any atom is -0.467 e. The van der Waals surface area contributed by atoms with Gasteiger partial charge in [-0.3, -0.25) is 0 Å². The van der Waals surface area contributed by atoms with Gasteiger partial charge in [0.05, 0.1) is 41.3 Å². The summed E-state index contributed by atoms with van der Waals surface area (Å²) in [6.45, 7) is 0.799. The zero-order valence-corrected chi connectivity index (χ0v) is 12.0. The van der Waals surface area contributed by atoms with E-state index in [0.717, 1.165) is 0 Å². The van der Waals surface area contributed by atoms with Crippen LogP contribution in [0.1, 0.15) is 11.3 Å². The summed E-state index contributed by atoms with van der Waals surface area (Å²) in [6.07, 6.45) is 0.899. The van der Waals surface area contributed by atoms with E-state index in [1.165, 1.54) is 0 Å². The summed E-state index contributed by atoms with van der Waals surface area (Å²) < 4.78 is 10.5. The predicted molar refractivity (Wildman–Crippen MR) is 79.0 cm³/mol. The summed E-state index contributed by atoms with van der Waals surface area (Å²) >= 11 is 6.02. The van der Waals surface area contributed by atoms with Gasteiger partial charge < -0.3 is 19.6 Å². The summed E-state index contributed by atoms with van der Waals surface area (Å²) in [7, 11) is 0. The fourth-order valence-electron chi connectivity index (χ4n) is 1.70. The minimum atomic E-state index is -0.674. The van der Waals surface area contributed by atoms with Gasteiger partial charge in [0.25, 0.3) is 0 Å². The molecular formula is C15H15ClN2O3. The quantitative estimate of drug-likeness (QED) is 0.822. The first-order chi connectivity index (χ1) is 10.2. The number of aliphatic hydroxyl groups excluding tert-OH is 1. The molecular weight excluding hydrogens is 292 g/mol. The number of nitrogens with one attached hydrogen (secondary N) is 1. The number of furan rings is 1. The Labute approximate surface area is 127 Å². The monoisotopic (exact) mass is 306 g/mol. The first-order valence-corrected chi connectivity index (χ1v) is 6.78. The molecule has 0 radical (unpaired) electrons. The van der Waals surface area contributed by atoms with E-state index in [1.807, 2.05) is 6.07 Å². The number of halogens is 1. The molecule has 1 aromatic carbocycles. The smallest absolute Gasteiger partial charge is 0.129 e. The highest BCUT2D eigenvalue weighted by Gasteiger charge is 2.07. The highest BCUT2D eigenvalue weighted by atomic mass is 35.5. The molecule has 1 heterocycles. The lowest BCUT2D eigenvalue weighted by atomic mass is 10.2. The summed E-state index contributed by atoms with van der Waals surface area (Å²) in [6, 6.07) is 10.5. The third-order valence-corrected chi connectivity index (χ3v) is 3.07. The van der Waals surface area contributed by atoms with Crippen molar-refractivity contribution < 1.29 is 14.3 Å². The molecule has 2 aromatic rings. The lowest BCUT2D eigenvalue weighted by Gasteiger charge is -2.13. The van der Waals surface area contributed by atoms with Crippen molar-refractivity contribution in [3.8, 4) is 6.07 Å². The van der Waals surface area contributed by atoms with E-state index < -0.39 is 6.10 Å². The third-order valence-electron chi connectivity index (χ3n) is 2.76. The van der Waals surface area contributed by atoms with E-state index in [9.17, 15) is 5.11 Å². The van der Waals surface area contributed by atoms with Gasteiger partial charge in [-0.25, -0.2) is 0 Å². The maximum Gasteiger partial charge on any atom is 0.129 e. The van der Waals surface area contributed by atoms with E-state index in [4.69, 9.17) is 26.0 Å². The first-order valence-electron chi connectivity index (χ1n) is 6.40. The van der Waals surface area contributed by atoms with Crippen molar-refractivity contribution >= 4 is 17.3 Å². The Balaban J connectivity index is 1.73. The molecule has 0 spiro atoms. The first kappa shape index (κ1) is 15.4. The molecule has 0 fully saturated rings. The second-order valence-corrected chi connectivity index (χ2v) is 4.84. The molecule has 1 atom stereocenters. The maximum atomic E-state index is 9.82. The number of nitriles is 1. The lowest BCUT2D eigenvalue weighted by Crippen LogP contribution is -2.24. The Morgan fingerprint density at radius 1 is 1.43 bits per heavy atom. The zero-order valence-electron chi connectivity index (χ0n) is 11.3. The van der Waals surface area contributed by atoms with Crippen molar-refractivity contribution in [2.24, 2.45) is 0 Å². The van der Waals surface area contributed by atoms with Crippen molar-refractivity contribution in [1.82, 2.24) is 0 Å². The number of ether oxygens (including phenoxy) is 1. The Morgan fingerprint density at radius 2 is 2.29 bits per heavy atom. The Kier molecular flexibility index (Phi) is 5.64. The van der Waals surface area contributed by atoms with Gasteiger partial charge in [-0.1, -0.05) is 11.6 Å². The van der Waals surface area contributed by atoms with Crippen LogP contribution in [0.2, 0.25) is 5.02 Å². The Bertz CT molecular complexity index is 608. The maximum absolute atomic E-state index is 9.82. The molecule has 0 saturated heterocycles. The van der Waals surface area contributed by atoms with E-state index >= 15 is 0 Å². The number of nitrogens with zero attached hydrogens (tertiary/aromatic N) is 1. The van der Waals surface area contributed by atoms with Gasteiger partial charge in [-0.15, -0.1) is 0 Å². The molecule has 0 aliphatic carbocycles. The lowest BCUT2D eigenvalue weighted by molar-refractivity contribution is 0.0282. The van der Waals surface area contributed by atoms with Crippen LogP contribution in [0.15, 0.2) is 41.0 Å². The molecule has 0 aliphatic heterocycles. The number of hydrogen-bond donors (Lipinski definition) is 2. The van der Waals surface area contributed by atoms with Gasteiger partial charge in [-0.2, -0.15) is 5.26 Å². The topological polar surface area (TPSA) is 78.4 Å². The van der Waals surface area contributed by atoms with Crippen LogP contribution in [0.25, 0.3) is 0 Å². The summed E-state index contributed by atoms with van der Waals surface area (Å²) in [4.78, 5) is 0. The third kappa shape index (κ3) is 4.80. The zero-order chi connectivity index (χ0) is 15.1. The van der Waals surface area contributed by atoms with Gasteiger partial charge in [-0.05, 0) is 30.3 Å². The average Bonchev–Trinajstić information content (AvgIpc) is 2.99. The summed E-state index contributed by atoms with van der Waals surface area (Å²) in [5.41, 5.74) is 1.16. The van der Waals surface area contributed by atoms with Crippen LogP contribution in [-0.2, 0) is 11.3 Å². The standard InChI is InChI=1S/C15H15ClN2O3/c16-14-6-11(7-17)3-4-15(14)18-8-12(19)9-20-10-13-2-1-5-21-13/h1-6,12,18-19H,8-10H2. The Hall–Kier alpha value is -2.00. The van der Waals surface area contributed by atoms with Crippen molar-refractivity contribution in [1.29, 1.82) is 5.26 Å². The van der Waals surface area contributed by atoms with Crippen LogP contribution in [0.4, 0.5) is 5.69 Å². The number of aliphatic hydroxyl groups is 1. The fourth-order valence-corrected chi connectivity index (χ4v) is 1.95. The van der Waals surface area contributed by atoms with Crippen molar-refractivity contribution in [2.75, 3.05) is 18.5 Å². The van der Waals surface area contributed by atoms with E-state index in [2.05, 4.69) is 5.32 Å². The molecule has 2 rings (SSSR count). The molecule has 21 heavy (non-hydrogen) atoms. The van der Waals surface area contributed by atoms with Gasteiger partial charge in [0, 0.05) is 6.54 Å². The molecule has 0 amide bonds. The molecule has 1 unspecified atom stereocenters. The van der Waals surface area contributed by atoms with E-state index in [-0.39, 0.29) is 6.61 Å². The molecule has 0 bridgehead atoms. The van der Waals surface area contributed by atoms with Crippen molar-refractivity contribution in [3.63, 3.8) is 0 Å². The van der Waals surface area contributed by atoms with Crippen molar-refractivity contribution in [2.45, 2.75) is 12.7 Å². The van der Waals surface area contributed by atoms with Crippen LogP contribution in [0.5, 0.6) is 0 Å². The molecule has 0 aliphatic rings. The largest absolute Gasteiger partial charge is 0.467 e. The van der Waals surface area contributed by atoms with Crippen LogP contribution in [-0.4, -0.2) is 24.4 Å². The molecule has 5 nitrogen and oxygen atoms in total. The van der Waals surface area contributed by atoms with E-state index in [0.29, 0.717) is 35.2 Å². The molecule has 2 N–H and O–H groups in total. The predicted octanol–water partition coefficient (Wildman–Crippen LogP) is 2.79. The number of hydrogen-bond acceptors (Lipinski definition) is 5. The van der Waals surface area contributed by atoms with Gasteiger partial charge in [0.1, 0.15) is 12.4 Å². The minimum absolute atomic E-state index is 0.182. The number of anilines is 1. The second-order valence-electron chi connectivity index (χ2n) is 4.44. The molecule has 6 heteroatoms. The number of benzene rings is 1.